The second-order valence-electron chi connectivity index (χ2n) is 9.03. The topological polar surface area (TPSA) is 113 Å². The fourth-order valence-electron chi connectivity index (χ4n) is 4.35. The molecule has 2 amide bonds. The lowest BCUT2D eigenvalue weighted by Crippen LogP contribution is -2.52. The number of guanidine groups is 1. The average molecular weight is 481 g/mol. The van der Waals surface area contributed by atoms with Crippen molar-refractivity contribution in [3.8, 4) is 11.5 Å². The predicted molar refractivity (Wildman–Crippen MR) is 136 cm³/mol. The van der Waals surface area contributed by atoms with Crippen LogP contribution in [0.3, 0.4) is 0 Å². The van der Waals surface area contributed by atoms with Crippen LogP contribution in [-0.2, 0) is 22.4 Å². The smallest absolute Gasteiger partial charge is 0.243 e. The minimum atomic E-state index is -0.619. The van der Waals surface area contributed by atoms with Gasteiger partial charge in [-0.2, -0.15) is 0 Å². The molecule has 3 atom stereocenters. The van der Waals surface area contributed by atoms with Crippen molar-refractivity contribution in [2.45, 2.75) is 58.0 Å². The first-order chi connectivity index (χ1) is 16.8. The minimum Gasteiger partial charge on any atom is -0.493 e. The van der Waals surface area contributed by atoms with Crippen LogP contribution in [0.1, 0.15) is 55.8 Å². The summed E-state index contributed by atoms with van der Waals surface area (Å²) >= 11 is 0. The maximum absolute atomic E-state index is 13.2. The Kier molecular flexibility index (Phi) is 9.11. The Morgan fingerprint density at radius 1 is 1.11 bits per heavy atom. The molecule has 0 saturated heterocycles. The Morgan fingerprint density at radius 3 is 2.57 bits per heavy atom. The van der Waals surface area contributed by atoms with Crippen LogP contribution < -0.4 is 25.4 Å². The Hall–Kier alpha value is -3.55. The molecule has 0 fully saturated rings. The summed E-state index contributed by atoms with van der Waals surface area (Å²) in [6, 6.07) is 12.7. The van der Waals surface area contributed by atoms with Crippen LogP contribution in [0.5, 0.6) is 11.5 Å². The average Bonchev–Trinajstić information content (AvgIpc) is 3.25. The van der Waals surface area contributed by atoms with Crippen LogP contribution in [-0.4, -0.2) is 38.0 Å². The number of hydrogen-bond acceptors (Lipinski definition) is 5. The van der Waals surface area contributed by atoms with Gasteiger partial charge < -0.3 is 20.1 Å². The lowest BCUT2D eigenvalue weighted by atomic mass is 9.98. The van der Waals surface area contributed by atoms with E-state index in [0.29, 0.717) is 17.9 Å². The van der Waals surface area contributed by atoms with Gasteiger partial charge in [0.05, 0.1) is 26.7 Å². The first-order valence-corrected chi connectivity index (χ1v) is 12.1. The second kappa shape index (κ2) is 12.2. The van der Waals surface area contributed by atoms with E-state index in [-0.39, 0.29) is 36.2 Å². The molecule has 4 N–H and O–H groups in total. The number of hydrogen-bond donors (Lipinski definition) is 4. The maximum Gasteiger partial charge on any atom is 0.243 e. The van der Waals surface area contributed by atoms with E-state index >= 15 is 0 Å². The molecule has 35 heavy (non-hydrogen) atoms. The lowest BCUT2D eigenvalue weighted by Gasteiger charge is -2.24. The fraction of sp³-hybridized carbons (Fsp3) is 0.444. The number of ether oxygens (including phenoxy) is 2. The van der Waals surface area contributed by atoms with E-state index in [9.17, 15) is 9.59 Å². The molecule has 3 rings (SSSR count). The molecule has 0 heterocycles. The summed E-state index contributed by atoms with van der Waals surface area (Å²) in [4.78, 5) is 25.8. The monoisotopic (exact) mass is 480 g/mol. The number of fused-ring (bicyclic) bond motifs is 1. The molecular formula is C27H36N4O4. The summed E-state index contributed by atoms with van der Waals surface area (Å²) < 4.78 is 10.5. The maximum atomic E-state index is 13.2. The number of carbonyl (C=O) groups excluding carboxylic acids is 2. The van der Waals surface area contributed by atoms with Crippen molar-refractivity contribution in [2.75, 3.05) is 14.2 Å². The highest BCUT2D eigenvalue weighted by Crippen LogP contribution is 2.31. The van der Waals surface area contributed by atoms with Gasteiger partial charge in [0.2, 0.25) is 11.8 Å². The van der Waals surface area contributed by atoms with Gasteiger partial charge >= 0.3 is 0 Å². The molecule has 1 aliphatic rings. The summed E-state index contributed by atoms with van der Waals surface area (Å²) in [5.41, 5.74) is 3.14. The third kappa shape index (κ3) is 6.97. The Morgan fingerprint density at radius 2 is 1.86 bits per heavy atom. The van der Waals surface area contributed by atoms with E-state index in [0.717, 1.165) is 30.4 Å². The molecule has 0 aromatic heterocycles. The molecular weight excluding hydrogens is 444 g/mol. The number of rotatable bonds is 10. The highest BCUT2D eigenvalue weighted by atomic mass is 16.5. The van der Waals surface area contributed by atoms with Gasteiger partial charge in [0.1, 0.15) is 6.04 Å². The van der Waals surface area contributed by atoms with Gasteiger partial charge in [-0.05, 0) is 54.0 Å². The van der Waals surface area contributed by atoms with Crippen LogP contribution in [0, 0.1) is 11.3 Å². The van der Waals surface area contributed by atoms with E-state index in [1.54, 1.807) is 25.3 Å². The summed E-state index contributed by atoms with van der Waals surface area (Å²) in [6.45, 7) is 4.15. The van der Waals surface area contributed by atoms with Gasteiger partial charge in [-0.3, -0.25) is 20.3 Å². The van der Waals surface area contributed by atoms with Gasteiger partial charge in [0.25, 0.3) is 0 Å². The number of carbonyl (C=O) groups is 2. The first kappa shape index (κ1) is 26.1. The predicted octanol–water partition coefficient (Wildman–Crippen LogP) is 3.50. The van der Waals surface area contributed by atoms with Crippen molar-refractivity contribution in [3.05, 3.63) is 59.2 Å². The van der Waals surface area contributed by atoms with Crippen molar-refractivity contribution in [1.29, 1.82) is 5.41 Å². The van der Waals surface area contributed by atoms with Crippen molar-refractivity contribution in [1.82, 2.24) is 16.0 Å². The molecule has 0 bridgehead atoms. The molecule has 2 unspecified atom stereocenters. The molecule has 0 radical (unpaired) electrons. The first-order valence-electron chi connectivity index (χ1n) is 12.1. The van der Waals surface area contributed by atoms with Crippen molar-refractivity contribution in [3.63, 3.8) is 0 Å². The van der Waals surface area contributed by atoms with Crippen molar-refractivity contribution in [2.24, 2.45) is 5.92 Å². The van der Waals surface area contributed by atoms with Crippen LogP contribution in [0.2, 0.25) is 0 Å². The quantitative estimate of drug-likeness (QED) is 0.307. The van der Waals surface area contributed by atoms with Crippen LogP contribution >= 0.6 is 0 Å². The van der Waals surface area contributed by atoms with Gasteiger partial charge in [-0.15, -0.1) is 0 Å². The van der Waals surface area contributed by atoms with Crippen LogP contribution in [0.4, 0.5) is 0 Å². The third-order valence-corrected chi connectivity index (χ3v) is 6.50. The molecule has 8 heteroatoms. The molecule has 2 aromatic rings. The molecule has 0 saturated carbocycles. The molecule has 2 aromatic carbocycles. The highest BCUT2D eigenvalue weighted by molar-refractivity contribution is 5.98. The number of methoxy groups -OCH3 is 2. The van der Waals surface area contributed by atoms with Crippen LogP contribution in [0.15, 0.2) is 42.5 Å². The van der Waals surface area contributed by atoms with E-state index in [2.05, 4.69) is 41.9 Å². The summed E-state index contributed by atoms with van der Waals surface area (Å²) in [7, 11) is 3.09. The number of benzene rings is 2. The number of aryl methyl sites for hydroxylation is 1. The molecule has 8 nitrogen and oxygen atoms in total. The van der Waals surface area contributed by atoms with E-state index < -0.39 is 6.04 Å². The molecule has 1 aliphatic carbocycles. The fourth-order valence-corrected chi connectivity index (χ4v) is 4.35. The minimum absolute atomic E-state index is 0.0336. The zero-order valence-corrected chi connectivity index (χ0v) is 20.9. The SMILES string of the molecule is CCC(C)CC(NC(=N)NC(=O)Cc1ccc(OC)c(OC)c1)C(=O)N[C@H]1CCc2ccccc21. The third-order valence-electron chi connectivity index (χ3n) is 6.50. The number of amides is 2. The molecule has 188 valence electrons. The van der Waals surface area contributed by atoms with Crippen molar-refractivity contribution < 1.29 is 19.1 Å². The highest BCUT2D eigenvalue weighted by Gasteiger charge is 2.28. The standard InChI is InChI=1S/C27H36N4O4/c1-5-17(2)14-22(26(33)29-21-12-11-19-8-6-7-9-20(19)21)30-27(28)31-25(32)16-18-10-13-23(34-3)24(15-18)35-4/h6-10,13,15,17,21-22H,5,11-12,14,16H2,1-4H3,(H,29,33)(H3,28,30,31,32)/t17?,21-,22?/m0/s1. The summed E-state index contributed by atoms with van der Waals surface area (Å²) in [5, 5.41) is 16.9. The Labute approximate surface area is 207 Å². The Balaban J connectivity index is 1.60. The molecule has 0 spiro atoms. The van der Waals surface area contributed by atoms with Gasteiger partial charge in [-0.1, -0.05) is 50.6 Å². The molecule has 0 aliphatic heterocycles. The van der Waals surface area contributed by atoms with Gasteiger partial charge in [0, 0.05) is 0 Å². The van der Waals surface area contributed by atoms with E-state index in [1.165, 1.54) is 12.7 Å². The second-order valence-corrected chi connectivity index (χ2v) is 9.03. The van der Waals surface area contributed by atoms with Crippen molar-refractivity contribution >= 4 is 17.8 Å². The zero-order chi connectivity index (χ0) is 25.4. The normalized spacial score (nSPS) is 15.9. The summed E-state index contributed by atoms with van der Waals surface area (Å²) in [5.74, 6) is 0.683. The van der Waals surface area contributed by atoms with E-state index in [4.69, 9.17) is 14.9 Å². The zero-order valence-electron chi connectivity index (χ0n) is 20.9. The Bertz CT molecular complexity index is 1060. The lowest BCUT2D eigenvalue weighted by molar-refractivity contribution is -0.124. The van der Waals surface area contributed by atoms with Gasteiger partial charge in [-0.25, -0.2) is 0 Å². The van der Waals surface area contributed by atoms with Crippen LogP contribution in [0.25, 0.3) is 0 Å². The van der Waals surface area contributed by atoms with E-state index in [1.807, 2.05) is 12.1 Å². The van der Waals surface area contributed by atoms with Gasteiger partial charge in [0.15, 0.2) is 17.5 Å². The largest absolute Gasteiger partial charge is 0.493 e. The number of nitrogens with one attached hydrogen (secondary N) is 4. The summed E-state index contributed by atoms with van der Waals surface area (Å²) in [6.07, 6.45) is 3.33.